The van der Waals surface area contributed by atoms with Crippen LogP contribution in [0.1, 0.15) is 18.1 Å². The van der Waals surface area contributed by atoms with Crippen LogP contribution in [0.15, 0.2) is 24.3 Å². The van der Waals surface area contributed by atoms with E-state index in [2.05, 4.69) is 38.1 Å². The predicted molar refractivity (Wildman–Crippen MR) is 48.7 cm³/mol. The monoisotopic (exact) mass is 152 g/mol. The summed E-state index contributed by atoms with van der Waals surface area (Å²) in [4.78, 5) is 0. The molecule has 1 heteroatoms. The topological polar surface area (TPSA) is 20.2 Å². The molecule has 0 bridgehead atoms. The number of aliphatic hydroxyl groups excluding tert-OH is 1. The fourth-order valence-corrected chi connectivity index (χ4v) is 0.637. The summed E-state index contributed by atoms with van der Waals surface area (Å²) in [6.07, 6.45) is 0. The highest BCUT2D eigenvalue weighted by Gasteiger charge is 1.79. The van der Waals surface area contributed by atoms with Gasteiger partial charge in [0, 0.05) is 6.61 Å². The van der Waals surface area contributed by atoms with E-state index in [0.717, 1.165) is 0 Å². The van der Waals surface area contributed by atoms with E-state index < -0.39 is 0 Å². The standard InChI is InChI=1S/C8H10.C2H6O/c1-7-3-5-8(2)6-4-7;1-2-3/h3-6H,1-2H3;3H,2H2,1H3. The van der Waals surface area contributed by atoms with Crippen molar-refractivity contribution in [1.82, 2.24) is 0 Å². The van der Waals surface area contributed by atoms with Gasteiger partial charge in [-0.2, -0.15) is 0 Å². The molecule has 0 saturated carbocycles. The highest BCUT2D eigenvalue weighted by Crippen LogP contribution is 1.99. The molecule has 0 amide bonds. The van der Waals surface area contributed by atoms with Crippen LogP contribution in [0.2, 0.25) is 0 Å². The van der Waals surface area contributed by atoms with Gasteiger partial charge in [-0.3, -0.25) is 0 Å². The van der Waals surface area contributed by atoms with Gasteiger partial charge in [-0.05, 0) is 20.8 Å². The second kappa shape index (κ2) is 5.93. The van der Waals surface area contributed by atoms with Gasteiger partial charge in [0.1, 0.15) is 0 Å². The van der Waals surface area contributed by atoms with Gasteiger partial charge in [0.05, 0.1) is 0 Å². The Morgan fingerprint density at radius 1 is 1.00 bits per heavy atom. The molecule has 0 atom stereocenters. The lowest BCUT2D eigenvalue weighted by molar-refractivity contribution is 0.318. The van der Waals surface area contributed by atoms with Crippen molar-refractivity contribution in [2.45, 2.75) is 20.8 Å². The summed E-state index contributed by atoms with van der Waals surface area (Å²) in [5.74, 6) is 0. The summed E-state index contributed by atoms with van der Waals surface area (Å²) in [6, 6.07) is 8.48. The minimum Gasteiger partial charge on any atom is -0.397 e. The average molecular weight is 152 g/mol. The number of aliphatic hydroxyl groups is 1. The summed E-state index contributed by atoms with van der Waals surface area (Å²) in [6.45, 7) is 6.12. The second-order valence-corrected chi connectivity index (χ2v) is 2.47. The van der Waals surface area contributed by atoms with Crippen LogP contribution >= 0.6 is 0 Å². The van der Waals surface area contributed by atoms with E-state index in [0.29, 0.717) is 0 Å². The molecule has 1 N–H and O–H groups in total. The van der Waals surface area contributed by atoms with Crippen LogP contribution in [0.5, 0.6) is 0 Å². The fourth-order valence-electron chi connectivity index (χ4n) is 0.637. The molecule has 0 unspecified atom stereocenters. The van der Waals surface area contributed by atoms with E-state index >= 15 is 0 Å². The Kier molecular flexibility index (Phi) is 5.49. The first kappa shape index (κ1) is 10.2. The lowest BCUT2D eigenvalue weighted by Gasteiger charge is -1.90. The lowest BCUT2D eigenvalue weighted by Crippen LogP contribution is -1.70. The van der Waals surface area contributed by atoms with Crippen LogP contribution in [0, 0.1) is 13.8 Å². The summed E-state index contributed by atoms with van der Waals surface area (Å²) in [5.41, 5.74) is 2.66. The Morgan fingerprint density at radius 2 is 1.18 bits per heavy atom. The van der Waals surface area contributed by atoms with E-state index in [-0.39, 0.29) is 6.61 Å². The number of hydrogen-bond donors (Lipinski definition) is 1. The van der Waals surface area contributed by atoms with Crippen molar-refractivity contribution in [3.8, 4) is 0 Å². The summed E-state index contributed by atoms with van der Waals surface area (Å²) in [7, 11) is 0. The molecule has 1 nitrogen and oxygen atoms in total. The highest BCUT2D eigenvalue weighted by atomic mass is 16.2. The molecule has 0 radical (unpaired) electrons. The zero-order valence-electron chi connectivity index (χ0n) is 7.46. The molecule has 62 valence electrons. The third-order valence-electron chi connectivity index (χ3n) is 1.22. The van der Waals surface area contributed by atoms with Gasteiger partial charge >= 0.3 is 0 Å². The molecule has 0 saturated heterocycles. The quantitative estimate of drug-likeness (QED) is 0.604. The molecule has 0 aliphatic heterocycles. The molecule has 0 spiro atoms. The molecule has 0 aliphatic carbocycles. The molecule has 1 rings (SSSR count). The van der Waals surface area contributed by atoms with Crippen LogP contribution in [-0.4, -0.2) is 11.7 Å². The van der Waals surface area contributed by atoms with Crippen molar-refractivity contribution in [1.29, 1.82) is 0 Å². The number of benzene rings is 1. The van der Waals surface area contributed by atoms with Gasteiger partial charge in [-0.1, -0.05) is 35.4 Å². The number of aryl methyl sites for hydroxylation is 2. The zero-order chi connectivity index (χ0) is 8.69. The molecule has 1 aromatic rings. The lowest BCUT2D eigenvalue weighted by atomic mass is 10.2. The van der Waals surface area contributed by atoms with Crippen LogP contribution in [0.25, 0.3) is 0 Å². The normalized spacial score (nSPS) is 8.36. The van der Waals surface area contributed by atoms with E-state index in [1.165, 1.54) is 11.1 Å². The minimum atomic E-state index is 0.250. The summed E-state index contributed by atoms with van der Waals surface area (Å²) >= 11 is 0. The van der Waals surface area contributed by atoms with Crippen molar-refractivity contribution in [3.05, 3.63) is 35.4 Å². The van der Waals surface area contributed by atoms with Crippen LogP contribution in [0.3, 0.4) is 0 Å². The molecule has 11 heavy (non-hydrogen) atoms. The smallest absolute Gasteiger partial charge is 0.0402 e. The molecular formula is C10H16O. The average Bonchev–Trinajstić information content (AvgIpc) is 1.97. The Bertz CT molecular complexity index is 156. The maximum absolute atomic E-state index is 7.57. The fraction of sp³-hybridized carbons (Fsp3) is 0.400. The van der Waals surface area contributed by atoms with Crippen LogP contribution in [-0.2, 0) is 0 Å². The van der Waals surface area contributed by atoms with Crippen LogP contribution in [0.4, 0.5) is 0 Å². The Hall–Kier alpha value is -0.820. The van der Waals surface area contributed by atoms with Crippen molar-refractivity contribution in [2.24, 2.45) is 0 Å². The Balaban J connectivity index is 0.000000292. The van der Waals surface area contributed by atoms with Gasteiger partial charge in [0.25, 0.3) is 0 Å². The van der Waals surface area contributed by atoms with Crippen molar-refractivity contribution >= 4 is 0 Å². The number of rotatable bonds is 0. The largest absolute Gasteiger partial charge is 0.397 e. The Labute approximate surface area is 68.7 Å². The van der Waals surface area contributed by atoms with E-state index in [4.69, 9.17) is 5.11 Å². The maximum atomic E-state index is 7.57. The van der Waals surface area contributed by atoms with Gasteiger partial charge in [0.15, 0.2) is 0 Å². The minimum absolute atomic E-state index is 0.250. The number of hydrogen-bond acceptors (Lipinski definition) is 1. The van der Waals surface area contributed by atoms with Crippen molar-refractivity contribution in [3.63, 3.8) is 0 Å². The SMILES string of the molecule is CCO.Cc1ccc(C)cc1. The second-order valence-electron chi connectivity index (χ2n) is 2.47. The van der Waals surface area contributed by atoms with E-state index in [1.54, 1.807) is 6.92 Å². The van der Waals surface area contributed by atoms with Gasteiger partial charge in [0.2, 0.25) is 0 Å². The van der Waals surface area contributed by atoms with Crippen molar-refractivity contribution in [2.75, 3.05) is 6.61 Å². The maximum Gasteiger partial charge on any atom is 0.0402 e. The third-order valence-corrected chi connectivity index (χ3v) is 1.22. The predicted octanol–water partition coefficient (Wildman–Crippen LogP) is 2.30. The van der Waals surface area contributed by atoms with E-state index in [9.17, 15) is 0 Å². The first-order valence-corrected chi connectivity index (χ1v) is 3.84. The van der Waals surface area contributed by atoms with Gasteiger partial charge in [-0.25, -0.2) is 0 Å². The highest BCUT2D eigenvalue weighted by molar-refractivity contribution is 5.19. The first-order valence-electron chi connectivity index (χ1n) is 3.84. The van der Waals surface area contributed by atoms with Crippen molar-refractivity contribution < 1.29 is 5.11 Å². The Morgan fingerprint density at radius 3 is 1.36 bits per heavy atom. The third kappa shape index (κ3) is 5.62. The molecule has 1 aromatic carbocycles. The van der Waals surface area contributed by atoms with E-state index in [1.807, 2.05) is 0 Å². The summed E-state index contributed by atoms with van der Waals surface area (Å²) < 4.78 is 0. The molecule has 0 aliphatic rings. The molecule has 0 aromatic heterocycles. The van der Waals surface area contributed by atoms with Gasteiger partial charge in [-0.15, -0.1) is 0 Å². The zero-order valence-corrected chi connectivity index (χ0v) is 7.46. The van der Waals surface area contributed by atoms with Crippen LogP contribution < -0.4 is 0 Å². The summed E-state index contributed by atoms with van der Waals surface area (Å²) in [5, 5.41) is 7.57. The molecular weight excluding hydrogens is 136 g/mol. The first-order chi connectivity index (χ1) is 5.20. The molecule has 0 heterocycles. The van der Waals surface area contributed by atoms with Gasteiger partial charge < -0.3 is 5.11 Å². The molecule has 0 fully saturated rings.